The normalized spacial score (nSPS) is 11.6. The predicted octanol–water partition coefficient (Wildman–Crippen LogP) is 4.43. The highest BCUT2D eigenvalue weighted by molar-refractivity contribution is 7.91. The van der Waals surface area contributed by atoms with Crippen molar-refractivity contribution in [1.82, 2.24) is 15.0 Å². The van der Waals surface area contributed by atoms with Crippen molar-refractivity contribution in [3.8, 4) is 11.9 Å². The third-order valence-corrected chi connectivity index (χ3v) is 7.74. The molecule has 0 fully saturated rings. The number of nitriles is 1. The fraction of sp³-hybridized carbons (Fsp3) is 0.130. The SMILES string of the molecule is Cc1nc(NC#N)nc(Nc2ccc3c(O)c(N=Nc4ccc(S(=O)(=O)CCO)cc4)c(S)cc3c2S)n1. The van der Waals surface area contributed by atoms with Crippen molar-refractivity contribution in [2.24, 2.45) is 10.2 Å². The second-order valence-corrected chi connectivity index (χ2v) is 10.8. The predicted molar refractivity (Wildman–Crippen MR) is 147 cm³/mol. The minimum atomic E-state index is -3.58. The fourth-order valence-electron chi connectivity index (χ4n) is 3.44. The molecule has 38 heavy (non-hydrogen) atoms. The molecule has 0 saturated carbocycles. The van der Waals surface area contributed by atoms with Crippen LogP contribution in [0.2, 0.25) is 0 Å². The highest BCUT2D eigenvalue weighted by atomic mass is 32.2. The molecule has 0 amide bonds. The number of sulfone groups is 1. The van der Waals surface area contributed by atoms with Gasteiger partial charge in [-0.05, 0) is 49.4 Å². The summed E-state index contributed by atoms with van der Waals surface area (Å²) in [5.41, 5.74) is 1.01. The minimum absolute atomic E-state index is 0.0598. The first-order valence-electron chi connectivity index (χ1n) is 10.8. The number of aliphatic hydroxyl groups is 1. The van der Waals surface area contributed by atoms with E-state index in [0.29, 0.717) is 37.8 Å². The molecule has 0 saturated heterocycles. The van der Waals surface area contributed by atoms with Crippen LogP contribution in [0.5, 0.6) is 5.75 Å². The van der Waals surface area contributed by atoms with Crippen LogP contribution in [0, 0.1) is 18.4 Å². The van der Waals surface area contributed by atoms with E-state index in [1.54, 1.807) is 31.3 Å². The zero-order chi connectivity index (χ0) is 27.4. The van der Waals surface area contributed by atoms with Gasteiger partial charge in [-0.15, -0.1) is 30.4 Å². The molecule has 0 unspecified atom stereocenters. The van der Waals surface area contributed by atoms with Crippen molar-refractivity contribution in [2.75, 3.05) is 23.0 Å². The first-order valence-corrected chi connectivity index (χ1v) is 13.4. The van der Waals surface area contributed by atoms with Crippen molar-refractivity contribution < 1.29 is 18.6 Å². The summed E-state index contributed by atoms with van der Waals surface area (Å²) in [5, 5.41) is 43.3. The van der Waals surface area contributed by atoms with Crippen LogP contribution in [0.15, 0.2) is 67.4 Å². The Balaban J connectivity index is 1.64. The van der Waals surface area contributed by atoms with Gasteiger partial charge in [0.25, 0.3) is 0 Å². The standard InChI is InChI=1S/C23H20N8O4S3/c1-12-26-22(25-11-24)29-23(27-12)28-17-7-6-15-16(21(17)37)10-18(36)19(20(15)33)31-30-13-2-4-14(5-3-13)38(34,35)9-8-32/h2-7,10,32-33,36-37H,8-9H2,1H3,(H2,25,26,27,28,29). The molecule has 4 rings (SSSR count). The number of aromatic nitrogens is 3. The van der Waals surface area contributed by atoms with E-state index in [2.05, 4.69) is 61.1 Å². The van der Waals surface area contributed by atoms with E-state index in [1.807, 2.05) is 0 Å². The quantitative estimate of drug-likeness (QED) is 0.0768. The van der Waals surface area contributed by atoms with Gasteiger partial charge in [-0.3, -0.25) is 5.32 Å². The molecule has 0 spiro atoms. The Bertz CT molecular complexity index is 1710. The summed E-state index contributed by atoms with van der Waals surface area (Å²) >= 11 is 9.06. The molecule has 1 heterocycles. The molecule has 15 heteroatoms. The molecule has 4 aromatic rings. The molecular formula is C23H20N8O4S3. The summed E-state index contributed by atoms with van der Waals surface area (Å²) in [7, 11) is -3.58. The van der Waals surface area contributed by atoms with Gasteiger partial charge in [-0.2, -0.15) is 25.3 Å². The van der Waals surface area contributed by atoms with Crippen molar-refractivity contribution in [1.29, 1.82) is 5.26 Å². The van der Waals surface area contributed by atoms with Gasteiger partial charge in [0.15, 0.2) is 21.8 Å². The Morgan fingerprint density at radius 2 is 1.74 bits per heavy atom. The van der Waals surface area contributed by atoms with Crippen molar-refractivity contribution in [3.63, 3.8) is 0 Å². The molecule has 194 valence electrons. The van der Waals surface area contributed by atoms with Gasteiger partial charge in [-0.25, -0.2) is 8.42 Å². The van der Waals surface area contributed by atoms with Gasteiger partial charge in [0.05, 0.1) is 28.6 Å². The van der Waals surface area contributed by atoms with Crippen LogP contribution in [0.4, 0.5) is 29.0 Å². The molecule has 4 N–H and O–H groups in total. The Kier molecular flexibility index (Phi) is 7.97. The number of aromatic hydroxyl groups is 1. The van der Waals surface area contributed by atoms with E-state index in [9.17, 15) is 13.5 Å². The van der Waals surface area contributed by atoms with Gasteiger partial charge >= 0.3 is 0 Å². The van der Waals surface area contributed by atoms with Crippen LogP contribution < -0.4 is 10.6 Å². The van der Waals surface area contributed by atoms with Crippen molar-refractivity contribution in [3.05, 3.63) is 48.3 Å². The van der Waals surface area contributed by atoms with Crippen LogP contribution in [0.1, 0.15) is 5.82 Å². The number of hydrogen-bond donors (Lipinski definition) is 6. The van der Waals surface area contributed by atoms with Gasteiger partial charge in [0.1, 0.15) is 11.5 Å². The van der Waals surface area contributed by atoms with Gasteiger partial charge in [0, 0.05) is 20.6 Å². The number of phenols is 1. The number of nitrogens with one attached hydrogen (secondary N) is 2. The summed E-state index contributed by atoms with van der Waals surface area (Å²) in [4.78, 5) is 13.2. The second-order valence-electron chi connectivity index (χ2n) is 7.78. The maximum Gasteiger partial charge on any atom is 0.241 e. The molecule has 0 aliphatic carbocycles. The lowest BCUT2D eigenvalue weighted by atomic mass is 10.1. The number of thiol groups is 2. The monoisotopic (exact) mass is 568 g/mol. The van der Waals surface area contributed by atoms with E-state index >= 15 is 0 Å². The summed E-state index contributed by atoms with van der Waals surface area (Å²) < 4.78 is 24.1. The van der Waals surface area contributed by atoms with Crippen LogP contribution in [0.3, 0.4) is 0 Å². The molecule has 1 aromatic heterocycles. The lowest BCUT2D eigenvalue weighted by molar-refractivity contribution is 0.319. The Hall–Kier alpha value is -3.97. The van der Waals surface area contributed by atoms with E-state index in [4.69, 9.17) is 10.4 Å². The average Bonchev–Trinajstić information content (AvgIpc) is 2.86. The van der Waals surface area contributed by atoms with Gasteiger partial charge in [0.2, 0.25) is 11.9 Å². The molecule has 0 aliphatic rings. The van der Waals surface area contributed by atoms with Crippen LogP contribution in [-0.4, -0.2) is 45.9 Å². The summed E-state index contributed by atoms with van der Waals surface area (Å²) in [6, 6.07) is 10.7. The maximum atomic E-state index is 12.1. The summed E-state index contributed by atoms with van der Waals surface area (Å²) in [6.07, 6.45) is 1.76. The number of aliphatic hydroxyl groups excluding tert-OH is 1. The molecule has 0 radical (unpaired) electrons. The molecule has 0 bridgehead atoms. The number of azo groups is 1. The van der Waals surface area contributed by atoms with E-state index in [1.165, 1.54) is 24.3 Å². The summed E-state index contributed by atoms with van der Waals surface area (Å²) in [6.45, 7) is 1.19. The number of aryl methyl sites for hydroxylation is 1. The van der Waals surface area contributed by atoms with E-state index in [-0.39, 0.29) is 34.0 Å². The highest BCUT2D eigenvalue weighted by Crippen LogP contribution is 2.44. The number of phenolic OH excluding ortho intramolecular Hbond substituents is 1. The van der Waals surface area contributed by atoms with Crippen LogP contribution >= 0.6 is 25.3 Å². The first-order chi connectivity index (χ1) is 18.1. The zero-order valence-electron chi connectivity index (χ0n) is 19.7. The smallest absolute Gasteiger partial charge is 0.241 e. The molecule has 0 atom stereocenters. The number of benzene rings is 3. The Morgan fingerprint density at radius 3 is 2.42 bits per heavy atom. The first kappa shape index (κ1) is 27.1. The van der Waals surface area contributed by atoms with Crippen LogP contribution in [0.25, 0.3) is 10.8 Å². The Morgan fingerprint density at radius 1 is 1.03 bits per heavy atom. The highest BCUT2D eigenvalue weighted by Gasteiger charge is 2.16. The van der Waals surface area contributed by atoms with E-state index in [0.717, 1.165) is 0 Å². The number of anilines is 3. The van der Waals surface area contributed by atoms with Gasteiger partial charge < -0.3 is 15.5 Å². The van der Waals surface area contributed by atoms with E-state index < -0.39 is 16.4 Å². The zero-order valence-corrected chi connectivity index (χ0v) is 22.3. The van der Waals surface area contributed by atoms with Crippen LogP contribution in [-0.2, 0) is 9.84 Å². The third kappa shape index (κ3) is 5.78. The molecule has 3 aromatic carbocycles. The average molecular weight is 569 g/mol. The Labute approximate surface area is 228 Å². The lowest BCUT2D eigenvalue weighted by Gasteiger charge is -2.13. The number of rotatable bonds is 8. The maximum absolute atomic E-state index is 12.1. The number of nitrogens with zero attached hydrogens (tertiary/aromatic N) is 6. The number of fused-ring (bicyclic) bond motifs is 1. The second kappa shape index (κ2) is 11.2. The summed E-state index contributed by atoms with van der Waals surface area (Å²) in [5.74, 6) is 0.141. The minimum Gasteiger partial charge on any atom is -0.505 e. The van der Waals surface area contributed by atoms with Gasteiger partial charge in [-0.1, -0.05) is 0 Å². The molecule has 12 nitrogen and oxygen atoms in total. The fourth-order valence-corrected chi connectivity index (χ4v) is 5.07. The topological polar surface area (TPSA) is 186 Å². The molecular weight excluding hydrogens is 549 g/mol. The lowest BCUT2D eigenvalue weighted by Crippen LogP contribution is -2.09. The largest absolute Gasteiger partial charge is 0.505 e. The molecule has 0 aliphatic heterocycles. The third-order valence-electron chi connectivity index (χ3n) is 5.20. The van der Waals surface area contributed by atoms with Crippen molar-refractivity contribution in [2.45, 2.75) is 21.6 Å². The van der Waals surface area contributed by atoms with Crippen molar-refractivity contribution >= 4 is 74.8 Å². The number of hydrogen-bond acceptors (Lipinski definition) is 14.